The monoisotopic (exact) mass is 371 g/mol. The highest BCUT2D eigenvalue weighted by Crippen LogP contribution is 2.18. The zero-order valence-corrected chi connectivity index (χ0v) is 16.7. The van der Waals surface area contributed by atoms with Gasteiger partial charge in [-0.2, -0.15) is 0 Å². The Labute approximate surface area is 161 Å². The SMILES string of the molecule is CC(C)Oc1ccc(CCCNC(=O)C(C)SCc2ccccc2)cc1. The van der Waals surface area contributed by atoms with E-state index in [4.69, 9.17) is 4.74 Å². The highest BCUT2D eigenvalue weighted by atomic mass is 32.2. The van der Waals surface area contributed by atoms with Gasteiger partial charge in [-0.1, -0.05) is 42.5 Å². The average molecular weight is 372 g/mol. The number of ether oxygens (including phenoxy) is 1. The highest BCUT2D eigenvalue weighted by Gasteiger charge is 2.12. The largest absolute Gasteiger partial charge is 0.491 e. The molecule has 4 heteroatoms. The fourth-order valence-corrected chi connectivity index (χ4v) is 3.40. The van der Waals surface area contributed by atoms with Crippen molar-refractivity contribution in [3.63, 3.8) is 0 Å². The van der Waals surface area contributed by atoms with Crippen molar-refractivity contribution in [1.82, 2.24) is 5.32 Å². The van der Waals surface area contributed by atoms with E-state index >= 15 is 0 Å². The third kappa shape index (κ3) is 7.52. The Morgan fingerprint density at radius 2 is 1.69 bits per heavy atom. The number of thioether (sulfide) groups is 1. The van der Waals surface area contributed by atoms with Gasteiger partial charge in [0.25, 0.3) is 0 Å². The molecule has 0 heterocycles. The van der Waals surface area contributed by atoms with Crippen molar-refractivity contribution < 1.29 is 9.53 Å². The number of rotatable bonds is 10. The first-order valence-corrected chi connectivity index (χ1v) is 10.3. The lowest BCUT2D eigenvalue weighted by atomic mass is 10.1. The van der Waals surface area contributed by atoms with Gasteiger partial charge in [0.15, 0.2) is 0 Å². The smallest absolute Gasteiger partial charge is 0.232 e. The fourth-order valence-electron chi connectivity index (χ4n) is 2.53. The molecule has 26 heavy (non-hydrogen) atoms. The van der Waals surface area contributed by atoms with Crippen molar-refractivity contribution in [3.05, 3.63) is 65.7 Å². The van der Waals surface area contributed by atoms with Crippen LogP contribution in [0.4, 0.5) is 0 Å². The minimum atomic E-state index is -0.0392. The first-order chi connectivity index (χ1) is 12.5. The van der Waals surface area contributed by atoms with Crippen LogP contribution in [0.3, 0.4) is 0 Å². The summed E-state index contributed by atoms with van der Waals surface area (Å²) in [5.41, 5.74) is 2.52. The van der Waals surface area contributed by atoms with E-state index in [1.54, 1.807) is 11.8 Å². The lowest BCUT2D eigenvalue weighted by Crippen LogP contribution is -2.31. The molecule has 3 nitrogen and oxygen atoms in total. The first-order valence-electron chi connectivity index (χ1n) is 9.23. The van der Waals surface area contributed by atoms with Crippen molar-refractivity contribution >= 4 is 17.7 Å². The molecule has 140 valence electrons. The second-order valence-corrected chi connectivity index (χ2v) is 7.97. The van der Waals surface area contributed by atoms with Crippen LogP contribution < -0.4 is 10.1 Å². The Kier molecular flexibility index (Phi) is 8.56. The van der Waals surface area contributed by atoms with Crippen molar-refractivity contribution in [2.24, 2.45) is 0 Å². The third-order valence-electron chi connectivity index (χ3n) is 3.95. The second-order valence-electron chi connectivity index (χ2n) is 6.64. The van der Waals surface area contributed by atoms with E-state index in [1.165, 1.54) is 11.1 Å². The molecule has 2 aromatic carbocycles. The number of benzene rings is 2. The van der Waals surface area contributed by atoms with Crippen LogP contribution in [-0.2, 0) is 17.0 Å². The van der Waals surface area contributed by atoms with Gasteiger partial charge in [-0.3, -0.25) is 4.79 Å². The van der Waals surface area contributed by atoms with E-state index in [2.05, 4.69) is 29.6 Å². The number of hydrogen-bond acceptors (Lipinski definition) is 3. The molecule has 0 saturated carbocycles. The Balaban J connectivity index is 1.63. The van der Waals surface area contributed by atoms with Gasteiger partial charge in [-0.15, -0.1) is 11.8 Å². The normalized spacial score (nSPS) is 12.0. The van der Waals surface area contributed by atoms with Crippen molar-refractivity contribution in [2.45, 2.75) is 50.7 Å². The van der Waals surface area contributed by atoms with Gasteiger partial charge < -0.3 is 10.1 Å². The Morgan fingerprint density at radius 1 is 1.00 bits per heavy atom. The average Bonchev–Trinajstić information content (AvgIpc) is 2.64. The zero-order chi connectivity index (χ0) is 18.8. The molecular weight excluding hydrogens is 342 g/mol. The van der Waals surface area contributed by atoms with Crippen LogP contribution in [0.15, 0.2) is 54.6 Å². The van der Waals surface area contributed by atoms with E-state index in [-0.39, 0.29) is 17.3 Å². The highest BCUT2D eigenvalue weighted by molar-refractivity contribution is 7.99. The first kappa shape index (κ1) is 20.4. The topological polar surface area (TPSA) is 38.3 Å². The molecule has 1 unspecified atom stereocenters. The number of aryl methyl sites for hydroxylation is 1. The van der Waals surface area contributed by atoms with E-state index in [9.17, 15) is 4.79 Å². The standard InChI is InChI=1S/C22H29NO2S/c1-17(2)25-21-13-11-19(12-14-21)10-7-15-23-22(24)18(3)26-16-20-8-5-4-6-9-20/h4-6,8-9,11-14,17-18H,7,10,15-16H2,1-3H3,(H,23,24). The zero-order valence-electron chi connectivity index (χ0n) is 15.9. The molecule has 0 fully saturated rings. The maximum Gasteiger partial charge on any atom is 0.232 e. The van der Waals surface area contributed by atoms with Gasteiger partial charge in [0, 0.05) is 12.3 Å². The quantitative estimate of drug-likeness (QED) is 0.607. The van der Waals surface area contributed by atoms with Crippen LogP contribution in [0.25, 0.3) is 0 Å². The minimum absolute atomic E-state index is 0.0392. The number of carbonyl (C=O) groups is 1. The molecule has 1 atom stereocenters. The molecular formula is C22H29NO2S. The number of amides is 1. The van der Waals surface area contributed by atoms with E-state index < -0.39 is 0 Å². The van der Waals surface area contributed by atoms with Crippen molar-refractivity contribution in [2.75, 3.05) is 6.54 Å². The van der Waals surface area contributed by atoms with Gasteiger partial charge in [0.1, 0.15) is 5.75 Å². The number of carbonyl (C=O) groups excluding carboxylic acids is 1. The third-order valence-corrected chi connectivity index (χ3v) is 5.16. The van der Waals surface area contributed by atoms with Crippen LogP contribution in [0.1, 0.15) is 38.3 Å². The van der Waals surface area contributed by atoms with Crippen molar-refractivity contribution in [1.29, 1.82) is 0 Å². The summed E-state index contributed by atoms with van der Waals surface area (Å²) >= 11 is 1.67. The Hall–Kier alpha value is -1.94. The van der Waals surface area contributed by atoms with Gasteiger partial charge in [0.05, 0.1) is 11.4 Å². The summed E-state index contributed by atoms with van der Waals surface area (Å²) in [7, 11) is 0. The lowest BCUT2D eigenvalue weighted by molar-refractivity contribution is -0.120. The molecule has 0 saturated heterocycles. The molecule has 1 amide bonds. The number of nitrogens with one attached hydrogen (secondary N) is 1. The molecule has 0 aliphatic rings. The molecule has 0 aliphatic carbocycles. The predicted molar refractivity (Wildman–Crippen MR) is 111 cm³/mol. The van der Waals surface area contributed by atoms with Gasteiger partial charge in [-0.25, -0.2) is 0 Å². The molecule has 2 rings (SSSR count). The summed E-state index contributed by atoms with van der Waals surface area (Å²) < 4.78 is 5.65. The van der Waals surface area contributed by atoms with Crippen LogP contribution in [0.5, 0.6) is 5.75 Å². The summed E-state index contributed by atoms with van der Waals surface area (Å²) in [5.74, 6) is 1.88. The molecule has 2 aromatic rings. The lowest BCUT2D eigenvalue weighted by Gasteiger charge is -2.12. The maximum absolute atomic E-state index is 12.2. The summed E-state index contributed by atoms with van der Waals surface area (Å²) in [6.07, 6.45) is 2.08. The summed E-state index contributed by atoms with van der Waals surface area (Å²) in [5, 5.41) is 3.00. The van der Waals surface area contributed by atoms with Crippen LogP contribution in [-0.4, -0.2) is 23.8 Å². The number of hydrogen-bond donors (Lipinski definition) is 1. The van der Waals surface area contributed by atoms with Crippen LogP contribution in [0.2, 0.25) is 0 Å². The molecule has 0 spiro atoms. The fraction of sp³-hybridized carbons (Fsp3) is 0.409. The van der Waals surface area contributed by atoms with Crippen LogP contribution in [0, 0.1) is 0 Å². The van der Waals surface area contributed by atoms with Gasteiger partial charge in [-0.05, 0) is 56.9 Å². The Bertz CT molecular complexity index is 656. The molecule has 1 N–H and O–H groups in total. The van der Waals surface area contributed by atoms with Crippen LogP contribution >= 0.6 is 11.8 Å². The summed E-state index contributed by atoms with van der Waals surface area (Å²) in [6, 6.07) is 18.5. The summed E-state index contributed by atoms with van der Waals surface area (Å²) in [6.45, 7) is 6.72. The van der Waals surface area contributed by atoms with E-state index in [0.717, 1.165) is 24.3 Å². The van der Waals surface area contributed by atoms with Gasteiger partial charge >= 0.3 is 0 Å². The molecule has 0 aliphatic heterocycles. The van der Waals surface area contributed by atoms with E-state index in [0.29, 0.717) is 6.54 Å². The van der Waals surface area contributed by atoms with Gasteiger partial charge in [0.2, 0.25) is 5.91 Å². The molecule has 0 radical (unpaired) electrons. The summed E-state index contributed by atoms with van der Waals surface area (Å²) in [4.78, 5) is 12.2. The predicted octanol–water partition coefficient (Wildman–Crippen LogP) is 4.84. The van der Waals surface area contributed by atoms with Crippen molar-refractivity contribution in [3.8, 4) is 5.75 Å². The maximum atomic E-state index is 12.2. The van der Waals surface area contributed by atoms with E-state index in [1.807, 2.05) is 51.1 Å². The molecule has 0 aromatic heterocycles. The second kappa shape index (κ2) is 10.9. The Morgan fingerprint density at radius 3 is 2.35 bits per heavy atom. The molecule has 0 bridgehead atoms. The minimum Gasteiger partial charge on any atom is -0.491 e.